The molecule has 0 spiro atoms. The Balaban J connectivity index is 2.32. The summed E-state index contributed by atoms with van der Waals surface area (Å²) in [5.41, 5.74) is -0.0176. The van der Waals surface area contributed by atoms with Gasteiger partial charge in [0.2, 0.25) is 10.0 Å². The second kappa shape index (κ2) is 5.41. The maximum Gasteiger partial charge on any atom is 0.335 e. The lowest BCUT2D eigenvalue weighted by Crippen LogP contribution is -2.34. The summed E-state index contributed by atoms with van der Waals surface area (Å²) in [6.45, 7) is 1.83. The molecule has 110 valence electrons. The minimum Gasteiger partial charge on any atom is -0.495 e. The number of hydrogen-bond donors (Lipinski definition) is 2. The highest BCUT2D eigenvalue weighted by molar-refractivity contribution is 7.89. The molecule has 0 aromatic heterocycles. The first kappa shape index (κ1) is 14.8. The molecule has 0 amide bonds. The molecule has 0 heterocycles. The van der Waals surface area contributed by atoms with Crippen LogP contribution in [-0.2, 0) is 10.0 Å². The summed E-state index contributed by atoms with van der Waals surface area (Å²) in [5, 5.41) is 8.90. The van der Waals surface area contributed by atoms with E-state index in [1.165, 1.54) is 25.3 Å². The van der Waals surface area contributed by atoms with Crippen LogP contribution in [-0.4, -0.2) is 32.6 Å². The Morgan fingerprint density at radius 3 is 2.60 bits per heavy atom. The Kier molecular flexibility index (Phi) is 4.01. The molecule has 0 saturated heterocycles. The number of rotatable bonds is 6. The molecule has 7 heteroatoms. The van der Waals surface area contributed by atoms with Crippen molar-refractivity contribution in [3.63, 3.8) is 0 Å². The molecule has 2 rings (SSSR count). The van der Waals surface area contributed by atoms with Crippen LogP contribution in [0.3, 0.4) is 0 Å². The number of benzene rings is 1. The largest absolute Gasteiger partial charge is 0.495 e. The molecule has 0 radical (unpaired) electrons. The fraction of sp³-hybridized carbons (Fsp3) is 0.462. The minimum absolute atomic E-state index is 0.0176. The topological polar surface area (TPSA) is 92.7 Å². The van der Waals surface area contributed by atoms with Gasteiger partial charge >= 0.3 is 5.97 Å². The van der Waals surface area contributed by atoms with Crippen LogP contribution < -0.4 is 9.46 Å². The van der Waals surface area contributed by atoms with E-state index < -0.39 is 16.0 Å². The Morgan fingerprint density at radius 2 is 2.10 bits per heavy atom. The Hall–Kier alpha value is -1.60. The number of carboxylic acids is 1. The molecule has 1 atom stereocenters. The van der Waals surface area contributed by atoms with Crippen LogP contribution in [0.4, 0.5) is 0 Å². The van der Waals surface area contributed by atoms with Gasteiger partial charge in [0.05, 0.1) is 12.7 Å². The zero-order chi connectivity index (χ0) is 14.9. The highest BCUT2D eigenvalue weighted by Gasteiger charge is 2.32. The first-order valence-corrected chi connectivity index (χ1v) is 7.77. The summed E-state index contributed by atoms with van der Waals surface area (Å²) >= 11 is 0. The first-order valence-electron chi connectivity index (χ1n) is 6.29. The zero-order valence-corrected chi connectivity index (χ0v) is 12.1. The van der Waals surface area contributed by atoms with Gasteiger partial charge in [0.15, 0.2) is 0 Å². The standard InChI is InChI=1S/C13H17NO5S/c1-8(9-3-4-9)14-20(17,18)12-6-5-10(13(15)16)7-11(12)19-2/h5-9,14H,3-4H2,1-2H3,(H,15,16)/t8-/m0/s1. The molecule has 1 saturated carbocycles. The van der Waals surface area contributed by atoms with Crippen LogP contribution in [0.5, 0.6) is 5.75 Å². The minimum atomic E-state index is -3.72. The van der Waals surface area contributed by atoms with Crippen molar-refractivity contribution in [2.24, 2.45) is 5.92 Å². The number of nitrogens with one attached hydrogen (secondary N) is 1. The fourth-order valence-corrected chi connectivity index (χ4v) is 3.49. The van der Waals surface area contributed by atoms with Crippen LogP contribution >= 0.6 is 0 Å². The normalized spacial score (nSPS) is 16.7. The summed E-state index contributed by atoms with van der Waals surface area (Å²) in [7, 11) is -2.41. The summed E-state index contributed by atoms with van der Waals surface area (Å²) in [5.74, 6) is -0.721. The lowest BCUT2D eigenvalue weighted by atomic mass is 10.2. The summed E-state index contributed by atoms with van der Waals surface area (Å²) in [6.07, 6.45) is 2.05. The Morgan fingerprint density at radius 1 is 1.45 bits per heavy atom. The quantitative estimate of drug-likeness (QED) is 0.829. The summed E-state index contributed by atoms with van der Waals surface area (Å²) in [4.78, 5) is 10.8. The molecule has 2 N–H and O–H groups in total. The molecule has 1 aromatic carbocycles. The number of carbonyl (C=O) groups is 1. The van der Waals surface area contributed by atoms with Crippen LogP contribution in [0.1, 0.15) is 30.1 Å². The SMILES string of the molecule is COc1cc(C(=O)O)ccc1S(=O)(=O)N[C@@H](C)C1CC1. The lowest BCUT2D eigenvalue weighted by Gasteiger charge is -2.15. The van der Waals surface area contributed by atoms with Gasteiger partial charge in [0.1, 0.15) is 10.6 Å². The first-order chi connectivity index (χ1) is 9.35. The van der Waals surface area contributed by atoms with E-state index >= 15 is 0 Å². The molecule has 1 fully saturated rings. The Bertz CT molecular complexity index is 622. The summed E-state index contributed by atoms with van der Waals surface area (Å²) in [6, 6.07) is 3.58. The van der Waals surface area contributed by atoms with E-state index in [9.17, 15) is 13.2 Å². The molecule has 1 aliphatic carbocycles. The molecule has 6 nitrogen and oxygen atoms in total. The molecular formula is C13H17NO5S. The lowest BCUT2D eigenvalue weighted by molar-refractivity contribution is 0.0696. The fourth-order valence-electron chi connectivity index (χ4n) is 2.02. The van der Waals surface area contributed by atoms with Gasteiger partial charge < -0.3 is 9.84 Å². The number of sulfonamides is 1. The van der Waals surface area contributed by atoms with Crippen LogP contribution in [0, 0.1) is 5.92 Å². The van der Waals surface area contributed by atoms with Crippen molar-refractivity contribution in [1.82, 2.24) is 4.72 Å². The van der Waals surface area contributed by atoms with Crippen LogP contribution in [0.15, 0.2) is 23.1 Å². The summed E-state index contributed by atoms with van der Waals surface area (Å²) < 4.78 is 32.2. The van der Waals surface area contributed by atoms with Gasteiger partial charge in [-0.25, -0.2) is 17.9 Å². The average molecular weight is 299 g/mol. The second-order valence-electron chi connectivity index (χ2n) is 4.92. The van der Waals surface area contributed by atoms with E-state index in [2.05, 4.69) is 4.72 Å². The smallest absolute Gasteiger partial charge is 0.335 e. The number of ether oxygens (including phenoxy) is 1. The molecular weight excluding hydrogens is 282 g/mol. The third-order valence-corrected chi connectivity index (χ3v) is 4.97. The van der Waals surface area contributed by atoms with Gasteiger partial charge in [-0.15, -0.1) is 0 Å². The van der Waals surface area contributed by atoms with Gasteiger partial charge in [-0.3, -0.25) is 0 Å². The number of methoxy groups -OCH3 is 1. The van der Waals surface area contributed by atoms with Crippen molar-refractivity contribution in [2.75, 3.05) is 7.11 Å². The van der Waals surface area contributed by atoms with E-state index in [0.717, 1.165) is 12.8 Å². The monoisotopic (exact) mass is 299 g/mol. The number of aromatic carboxylic acids is 1. The van der Waals surface area contributed by atoms with Gasteiger partial charge in [0.25, 0.3) is 0 Å². The van der Waals surface area contributed by atoms with Crippen molar-refractivity contribution in [1.29, 1.82) is 0 Å². The molecule has 0 unspecified atom stereocenters. The van der Waals surface area contributed by atoms with Crippen molar-refractivity contribution in [3.8, 4) is 5.75 Å². The van der Waals surface area contributed by atoms with Crippen molar-refractivity contribution in [3.05, 3.63) is 23.8 Å². The zero-order valence-electron chi connectivity index (χ0n) is 11.3. The highest BCUT2D eigenvalue weighted by Crippen LogP contribution is 2.33. The number of carboxylic acid groups (broad SMARTS) is 1. The van der Waals surface area contributed by atoms with E-state index in [0.29, 0.717) is 5.92 Å². The van der Waals surface area contributed by atoms with Gasteiger partial charge in [-0.05, 0) is 43.9 Å². The molecule has 0 bridgehead atoms. The van der Waals surface area contributed by atoms with Crippen molar-refractivity contribution < 1.29 is 23.1 Å². The predicted octanol–water partition coefficient (Wildman–Crippen LogP) is 1.47. The molecule has 20 heavy (non-hydrogen) atoms. The maximum atomic E-state index is 12.3. The van der Waals surface area contributed by atoms with E-state index in [1.54, 1.807) is 0 Å². The van der Waals surface area contributed by atoms with Gasteiger partial charge in [-0.1, -0.05) is 0 Å². The van der Waals surface area contributed by atoms with Gasteiger partial charge in [-0.2, -0.15) is 0 Å². The molecule has 1 aliphatic rings. The second-order valence-corrected chi connectivity index (χ2v) is 6.60. The van der Waals surface area contributed by atoms with Crippen LogP contribution in [0.25, 0.3) is 0 Å². The number of hydrogen-bond acceptors (Lipinski definition) is 4. The van der Waals surface area contributed by atoms with E-state index in [4.69, 9.17) is 9.84 Å². The molecule has 1 aromatic rings. The third-order valence-electron chi connectivity index (χ3n) is 3.37. The maximum absolute atomic E-state index is 12.3. The average Bonchev–Trinajstić information content (AvgIpc) is 3.21. The highest BCUT2D eigenvalue weighted by atomic mass is 32.2. The van der Waals surface area contributed by atoms with Crippen molar-refractivity contribution >= 4 is 16.0 Å². The van der Waals surface area contributed by atoms with Crippen LogP contribution in [0.2, 0.25) is 0 Å². The Labute approximate surface area is 117 Å². The third kappa shape index (κ3) is 3.10. The predicted molar refractivity (Wildman–Crippen MR) is 72.5 cm³/mol. The van der Waals surface area contributed by atoms with E-state index in [-0.39, 0.29) is 22.3 Å². The molecule has 0 aliphatic heterocycles. The van der Waals surface area contributed by atoms with Gasteiger partial charge in [0, 0.05) is 6.04 Å². The van der Waals surface area contributed by atoms with E-state index in [1.807, 2.05) is 6.92 Å². The van der Waals surface area contributed by atoms with Crippen molar-refractivity contribution in [2.45, 2.75) is 30.7 Å².